The van der Waals surface area contributed by atoms with Gasteiger partial charge >= 0.3 is 0 Å². The fourth-order valence-electron chi connectivity index (χ4n) is 4.73. The third-order valence-electron chi connectivity index (χ3n) is 6.75. The van der Waals surface area contributed by atoms with Crippen molar-refractivity contribution in [2.24, 2.45) is 0 Å². The first kappa shape index (κ1) is 23.0. The van der Waals surface area contributed by atoms with Crippen LogP contribution in [0.1, 0.15) is 5.56 Å². The van der Waals surface area contributed by atoms with Crippen LogP contribution in [-0.4, -0.2) is 53.0 Å². The molecular weight excluding hydrogens is 476 g/mol. The van der Waals surface area contributed by atoms with Crippen LogP contribution in [0.25, 0.3) is 32.2 Å². The van der Waals surface area contributed by atoms with Crippen molar-refractivity contribution in [1.82, 2.24) is 19.8 Å². The number of nitrogens with one attached hydrogen (secondary N) is 1. The summed E-state index contributed by atoms with van der Waals surface area (Å²) < 4.78 is 30.3. The van der Waals surface area contributed by atoms with Gasteiger partial charge in [0.05, 0.1) is 21.2 Å². The van der Waals surface area contributed by atoms with E-state index < -0.39 is 0 Å². The van der Waals surface area contributed by atoms with E-state index in [1.807, 2.05) is 42.5 Å². The summed E-state index contributed by atoms with van der Waals surface area (Å²) in [6.07, 6.45) is 1.70. The van der Waals surface area contributed by atoms with Crippen LogP contribution in [0, 0.1) is 11.6 Å². The SMILES string of the molecule is CN1CCN(Cc2ccc(-c3ccc4nccc(Nc5cc(F)c6scnc6c5)c4c3)c(F)c2)CC1. The summed E-state index contributed by atoms with van der Waals surface area (Å²) in [7, 11) is 2.13. The molecule has 0 radical (unpaired) electrons. The Labute approximate surface area is 212 Å². The maximum atomic E-state index is 15.3. The number of hydrogen-bond acceptors (Lipinski definition) is 6. The maximum absolute atomic E-state index is 15.3. The number of halogens is 2. The van der Waals surface area contributed by atoms with E-state index in [-0.39, 0.29) is 11.6 Å². The van der Waals surface area contributed by atoms with Crippen LogP contribution in [-0.2, 0) is 6.54 Å². The van der Waals surface area contributed by atoms with Gasteiger partial charge in [-0.05, 0) is 54.6 Å². The molecule has 3 heterocycles. The number of piperazine rings is 1. The molecule has 1 saturated heterocycles. The minimum absolute atomic E-state index is 0.240. The first-order valence-corrected chi connectivity index (χ1v) is 12.8. The topological polar surface area (TPSA) is 44.3 Å². The molecule has 0 saturated carbocycles. The van der Waals surface area contributed by atoms with Gasteiger partial charge in [-0.3, -0.25) is 9.88 Å². The van der Waals surface area contributed by atoms with E-state index in [2.05, 4.69) is 32.1 Å². The lowest BCUT2D eigenvalue weighted by Gasteiger charge is -2.32. The van der Waals surface area contributed by atoms with Crippen LogP contribution in [0.3, 0.4) is 0 Å². The Hall–Kier alpha value is -3.46. The molecule has 182 valence electrons. The van der Waals surface area contributed by atoms with Crippen molar-refractivity contribution in [1.29, 1.82) is 0 Å². The number of likely N-dealkylation sites (N-methyl/N-ethyl adjacent to an activating group) is 1. The molecule has 0 spiro atoms. The number of fused-ring (bicyclic) bond motifs is 2. The van der Waals surface area contributed by atoms with E-state index in [1.165, 1.54) is 17.4 Å². The molecule has 1 N–H and O–H groups in total. The molecular formula is C28H25F2N5S. The molecule has 1 fully saturated rings. The average Bonchev–Trinajstić information content (AvgIpc) is 3.35. The van der Waals surface area contributed by atoms with Gasteiger partial charge in [0, 0.05) is 61.2 Å². The van der Waals surface area contributed by atoms with Crippen LogP contribution in [0.5, 0.6) is 0 Å². The summed E-state index contributed by atoms with van der Waals surface area (Å²) in [5, 5.41) is 4.13. The molecule has 8 heteroatoms. The van der Waals surface area contributed by atoms with E-state index in [0.717, 1.165) is 60.4 Å². The predicted molar refractivity (Wildman–Crippen MR) is 143 cm³/mol. The van der Waals surface area contributed by atoms with E-state index in [9.17, 15) is 4.39 Å². The zero-order valence-corrected chi connectivity index (χ0v) is 20.7. The van der Waals surface area contributed by atoms with Gasteiger partial charge in [0.15, 0.2) is 0 Å². The summed E-state index contributed by atoms with van der Waals surface area (Å²) in [6.45, 7) is 4.80. The van der Waals surface area contributed by atoms with Crippen molar-refractivity contribution in [3.63, 3.8) is 0 Å². The number of rotatable bonds is 5. The predicted octanol–water partition coefficient (Wildman–Crippen LogP) is 6.28. The molecule has 6 rings (SSSR count). The number of anilines is 2. The molecule has 1 aliphatic heterocycles. The van der Waals surface area contributed by atoms with Crippen LogP contribution in [0.4, 0.5) is 20.2 Å². The third kappa shape index (κ3) is 4.55. The lowest BCUT2D eigenvalue weighted by molar-refractivity contribution is 0.148. The van der Waals surface area contributed by atoms with Crippen molar-refractivity contribution in [2.45, 2.75) is 6.54 Å². The summed E-state index contributed by atoms with van der Waals surface area (Å²) in [4.78, 5) is 13.4. The Kier molecular flexibility index (Phi) is 6.08. The number of nitrogens with zero attached hydrogens (tertiary/aromatic N) is 4. The van der Waals surface area contributed by atoms with E-state index in [0.29, 0.717) is 21.5 Å². The van der Waals surface area contributed by atoms with Gasteiger partial charge in [-0.1, -0.05) is 18.2 Å². The summed E-state index contributed by atoms with van der Waals surface area (Å²) in [5.41, 5.74) is 6.67. The van der Waals surface area contributed by atoms with E-state index in [1.54, 1.807) is 17.8 Å². The van der Waals surface area contributed by atoms with E-state index >= 15 is 4.39 Å². The quantitative estimate of drug-likeness (QED) is 0.307. The number of pyridine rings is 1. The molecule has 0 bridgehead atoms. The van der Waals surface area contributed by atoms with Gasteiger partial charge in [-0.2, -0.15) is 0 Å². The summed E-state index contributed by atoms with van der Waals surface area (Å²) in [5.74, 6) is -0.550. The normalized spacial score (nSPS) is 15.1. The highest BCUT2D eigenvalue weighted by molar-refractivity contribution is 7.16. The van der Waals surface area contributed by atoms with Gasteiger partial charge in [-0.15, -0.1) is 11.3 Å². The number of aromatic nitrogens is 2. The van der Waals surface area contributed by atoms with Crippen molar-refractivity contribution < 1.29 is 8.78 Å². The number of thiazole rings is 1. The van der Waals surface area contributed by atoms with E-state index in [4.69, 9.17) is 0 Å². The van der Waals surface area contributed by atoms with Gasteiger partial charge < -0.3 is 10.2 Å². The second kappa shape index (κ2) is 9.54. The average molecular weight is 502 g/mol. The van der Waals surface area contributed by atoms with Crippen molar-refractivity contribution in [3.8, 4) is 11.1 Å². The van der Waals surface area contributed by atoms with Gasteiger partial charge in [-0.25, -0.2) is 13.8 Å². The third-order valence-corrected chi connectivity index (χ3v) is 7.60. The second-order valence-corrected chi connectivity index (χ2v) is 10.1. The van der Waals surface area contributed by atoms with Crippen molar-refractivity contribution >= 4 is 43.8 Å². The smallest absolute Gasteiger partial charge is 0.144 e. The van der Waals surface area contributed by atoms with Crippen LogP contribution in [0.2, 0.25) is 0 Å². The lowest BCUT2D eigenvalue weighted by Crippen LogP contribution is -2.43. The van der Waals surface area contributed by atoms with Crippen LogP contribution in [0.15, 0.2) is 66.3 Å². The fourth-order valence-corrected chi connectivity index (χ4v) is 5.41. The maximum Gasteiger partial charge on any atom is 0.144 e. The van der Waals surface area contributed by atoms with Gasteiger partial charge in [0.2, 0.25) is 0 Å². The second-order valence-electron chi connectivity index (χ2n) is 9.27. The molecule has 5 aromatic rings. The molecule has 0 aliphatic carbocycles. The van der Waals surface area contributed by atoms with Crippen LogP contribution >= 0.6 is 11.3 Å². The Balaban J connectivity index is 1.30. The molecule has 5 nitrogen and oxygen atoms in total. The van der Waals surface area contributed by atoms with Gasteiger partial charge in [0.1, 0.15) is 11.6 Å². The minimum atomic E-state index is -0.310. The lowest BCUT2D eigenvalue weighted by atomic mass is 10.0. The number of benzene rings is 3. The fraction of sp³-hybridized carbons (Fsp3) is 0.214. The zero-order chi connectivity index (χ0) is 24.6. The summed E-state index contributed by atoms with van der Waals surface area (Å²) >= 11 is 1.28. The van der Waals surface area contributed by atoms with Crippen molar-refractivity contribution in [2.75, 3.05) is 38.5 Å². The molecule has 0 unspecified atom stereocenters. The highest BCUT2D eigenvalue weighted by atomic mass is 32.1. The molecule has 1 aliphatic rings. The molecule has 3 aromatic carbocycles. The Bertz CT molecular complexity index is 1560. The minimum Gasteiger partial charge on any atom is -0.355 e. The summed E-state index contributed by atoms with van der Waals surface area (Å²) in [6, 6.07) is 16.3. The highest BCUT2D eigenvalue weighted by Crippen LogP contribution is 2.33. The zero-order valence-electron chi connectivity index (χ0n) is 19.8. The highest BCUT2D eigenvalue weighted by Gasteiger charge is 2.16. The van der Waals surface area contributed by atoms with Gasteiger partial charge in [0.25, 0.3) is 0 Å². The van der Waals surface area contributed by atoms with Crippen molar-refractivity contribution in [3.05, 3.63) is 83.5 Å². The number of hydrogen-bond donors (Lipinski definition) is 1. The Morgan fingerprint density at radius 3 is 2.58 bits per heavy atom. The molecule has 0 amide bonds. The Morgan fingerprint density at radius 2 is 1.75 bits per heavy atom. The first-order chi connectivity index (χ1) is 17.5. The van der Waals surface area contributed by atoms with Crippen LogP contribution < -0.4 is 5.32 Å². The first-order valence-electron chi connectivity index (χ1n) is 11.9. The largest absolute Gasteiger partial charge is 0.355 e. The standard InChI is InChI=1S/C28H25F2N5S/c1-34-8-10-35(11-9-34)16-18-2-4-21(23(29)12-18)19-3-5-25-22(13-19)26(6-7-31-25)33-20-14-24(30)28-27(15-20)32-17-36-28/h2-7,12-15,17H,8-11,16H2,1H3,(H,31,33). The molecule has 0 atom stereocenters. The monoisotopic (exact) mass is 501 g/mol. The Morgan fingerprint density at radius 1 is 0.889 bits per heavy atom. The molecule has 36 heavy (non-hydrogen) atoms. The molecule has 2 aromatic heterocycles.